The van der Waals surface area contributed by atoms with Gasteiger partial charge in [-0.1, -0.05) is 18.2 Å². The van der Waals surface area contributed by atoms with Crippen LogP contribution in [0.3, 0.4) is 0 Å². The number of likely N-dealkylation sites (tertiary alicyclic amines) is 1. The highest BCUT2D eigenvalue weighted by atomic mass is 16.5. The third-order valence-electron chi connectivity index (χ3n) is 8.23. The molecule has 1 saturated heterocycles. The van der Waals surface area contributed by atoms with Crippen LogP contribution in [0.5, 0.6) is 0 Å². The first kappa shape index (κ1) is 20.7. The van der Waals surface area contributed by atoms with Crippen molar-refractivity contribution in [3.05, 3.63) is 46.2 Å². The Bertz CT molecular complexity index is 1090. The second-order valence-electron chi connectivity index (χ2n) is 10.0. The summed E-state index contributed by atoms with van der Waals surface area (Å²) < 4.78 is 5.14. The molecule has 0 atom stereocenters. The third-order valence-corrected chi connectivity index (χ3v) is 8.23. The van der Waals surface area contributed by atoms with Crippen LogP contribution < -0.4 is 11.1 Å². The Hall–Kier alpha value is -2.91. The topological polar surface area (TPSA) is 89.5 Å². The lowest BCUT2D eigenvalue weighted by Crippen LogP contribution is -2.42. The number of carbonyl (C=O) groups is 2. The van der Waals surface area contributed by atoms with Crippen LogP contribution in [0.15, 0.2) is 34.6 Å². The van der Waals surface area contributed by atoms with E-state index in [1.165, 1.54) is 16.7 Å². The van der Waals surface area contributed by atoms with Gasteiger partial charge in [-0.2, -0.15) is 0 Å². The number of hydrogen-bond donors (Lipinski definition) is 2. The number of amides is 1. The summed E-state index contributed by atoms with van der Waals surface area (Å²) in [4.78, 5) is 29.4. The minimum atomic E-state index is -0.294. The van der Waals surface area contributed by atoms with Gasteiger partial charge in [-0.15, -0.1) is 10.6 Å². The number of nitrogens with zero attached hydrogens (tertiary/aromatic N) is 4. The fourth-order valence-corrected chi connectivity index (χ4v) is 6.14. The van der Waals surface area contributed by atoms with Crippen molar-refractivity contribution in [3.8, 4) is 0 Å². The SMILES string of the molecule is CC1=C(N2CCC3(CCC(N(C)Cc4ccc5c(c4)CN4NNN=C54)CC3)C2=O)COC1=O. The second-order valence-corrected chi connectivity index (χ2v) is 10.0. The van der Waals surface area contributed by atoms with Gasteiger partial charge < -0.3 is 9.64 Å². The number of hydrazine groups is 2. The lowest BCUT2D eigenvalue weighted by atomic mass is 9.71. The molecular formula is C24H30N6O3. The summed E-state index contributed by atoms with van der Waals surface area (Å²) in [6.45, 7) is 4.41. The first-order chi connectivity index (χ1) is 15.9. The van der Waals surface area contributed by atoms with Crippen LogP contribution in [0, 0.1) is 5.41 Å². The highest BCUT2D eigenvalue weighted by molar-refractivity contribution is 6.02. The first-order valence-electron chi connectivity index (χ1n) is 11.8. The number of amidine groups is 1. The van der Waals surface area contributed by atoms with Gasteiger partial charge in [0.25, 0.3) is 0 Å². The fourth-order valence-electron chi connectivity index (χ4n) is 6.14. The number of hydrogen-bond acceptors (Lipinski definition) is 8. The lowest BCUT2D eigenvalue weighted by molar-refractivity contribution is -0.138. The lowest BCUT2D eigenvalue weighted by Gasteiger charge is -2.39. The molecule has 4 heterocycles. The van der Waals surface area contributed by atoms with E-state index in [2.05, 4.69) is 46.3 Å². The molecule has 1 aliphatic carbocycles. The van der Waals surface area contributed by atoms with Gasteiger partial charge in [0.15, 0.2) is 5.84 Å². The molecular weight excluding hydrogens is 420 g/mol. The second kappa shape index (κ2) is 7.56. The molecule has 1 aromatic carbocycles. The number of nitrogens with one attached hydrogen (secondary N) is 2. The van der Waals surface area contributed by atoms with Crippen molar-refractivity contribution in [2.24, 2.45) is 10.5 Å². The van der Waals surface area contributed by atoms with Crippen LogP contribution >= 0.6 is 0 Å². The Balaban J connectivity index is 1.09. The minimum absolute atomic E-state index is 0.196. The zero-order valence-corrected chi connectivity index (χ0v) is 19.2. The molecule has 9 nitrogen and oxygen atoms in total. The molecule has 5 aliphatic rings. The predicted octanol–water partition coefficient (Wildman–Crippen LogP) is 1.61. The highest BCUT2D eigenvalue weighted by Crippen LogP contribution is 2.47. The Labute approximate surface area is 193 Å². The number of rotatable bonds is 4. The number of esters is 1. The van der Waals surface area contributed by atoms with E-state index in [9.17, 15) is 9.59 Å². The van der Waals surface area contributed by atoms with E-state index in [4.69, 9.17) is 4.74 Å². The number of fused-ring (bicyclic) bond motifs is 3. The molecule has 2 N–H and O–H groups in total. The van der Waals surface area contributed by atoms with Gasteiger partial charge in [-0.3, -0.25) is 14.7 Å². The third kappa shape index (κ3) is 3.25. The maximum atomic E-state index is 13.4. The molecule has 0 unspecified atom stereocenters. The number of carbonyl (C=O) groups excluding carboxylic acids is 2. The molecule has 6 rings (SSSR count). The van der Waals surface area contributed by atoms with E-state index < -0.39 is 0 Å². The molecule has 0 aromatic heterocycles. The standard InChI is InChI=1S/C24H30N6O3/c1-15-20(14-33-22(15)31)29-10-9-24(23(29)32)7-5-18(6-8-24)28(2)12-16-3-4-19-17(11-16)13-30-21(19)25-26-27-30/h3-4,11,18,26-27H,5-10,12-14H2,1-2H3. The van der Waals surface area contributed by atoms with Crippen molar-refractivity contribution in [3.63, 3.8) is 0 Å². The summed E-state index contributed by atoms with van der Waals surface area (Å²) in [6, 6.07) is 7.13. The van der Waals surface area contributed by atoms with Gasteiger partial charge in [0.2, 0.25) is 5.91 Å². The summed E-state index contributed by atoms with van der Waals surface area (Å²) in [5, 5.41) is 6.32. The van der Waals surface area contributed by atoms with E-state index in [-0.39, 0.29) is 23.9 Å². The van der Waals surface area contributed by atoms with Crippen LogP contribution in [0.4, 0.5) is 0 Å². The van der Waals surface area contributed by atoms with Crippen LogP contribution in [-0.4, -0.2) is 58.8 Å². The van der Waals surface area contributed by atoms with Crippen molar-refractivity contribution >= 4 is 17.7 Å². The summed E-state index contributed by atoms with van der Waals surface area (Å²) >= 11 is 0. The molecule has 9 heteroatoms. The van der Waals surface area contributed by atoms with Gasteiger partial charge in [-0.05, 0) is 57.2 Å². The molecule has 1 saturated carbocycles. The van der Waals surface area contributed by atoms with Gasteiger partial charge in [0.05, 0.1) is 23.2 Å². The van der Waals surface area contributed by atoms with Gasteiger partial charge in [0, 0.05) is 24.7 Å². The van der Waals surface area contributed by atoms with Crippen LogP contribution in [0.2, 0.25) is 0 Å². The molecule has 1 amide bonds. The van der Waals surface area contributed by atoms with Crippen LogP contribution in [0.25, 0.3) is 0 Å². The Morgan fingerprint density at radius 3 is 2.82 bits per heavy atom. The molecule has 33 heavy (non-hydrogen) atoms. The van der Waals surface area contributed by atoms with Gasteiger partial charge >= 0.3 is 5.97 Å². The number of cyclic esters (lactones) is 1. The van der Waals surface area contributed by atoms with Crippen molar-refractivity contribution in [2.75, 3.05) is 20.2 Å². The molecule has 0 radical (unpaired) electrons. The van der Waals surface area contributed by atoms with Crippen LogP contribution in [-0.2, 0) is 27.4 Å². The van der Waals surface area contributed by atoms with E-state index in [1.807, 2.05) is 9.91 Å². The number of hydrazone groups is 1. The van der Waals surface area contributed by atoms with Crippen molar-refractivity contribution < 1.29 is 14.3 Å². The first-order valence-corrected chi connectivity index (χ1v) is 11.8. The van der Waals surface area contributed by atoms with E-state index in [0.29, 0.717) is 18.2 Å². The average Bonchev–Trinajstić information content (AvgIpc) is 3.55. The summed E-state index contributed by atoms with van der Waals surface area (Å²) in [7, 11) is 2.20. The molecule has 0 bridgehead atoms. The summed E-state index contributed by atoms with van der Waals surface area (Å²) in [5.74, 6) is 0.857. The maximum Gasteiger partial charge on any atom is 0.336 e. The normalized spacial score (nSPS) is 28.6. The molecule has 1 aromatic rings. The Kier molecular flexibility index (Phi) is 4.74. The Morgan fingerprint density at radius 1 is 1.24 bits per heavy atom. The Morgan fingerprint density at radius 2 is 2.06 bits per heavy atom. The van der Waals surface area contributed by atoms with Crippen molar-refractivity contribution in [1.29, 1.82) is 0 Å². The maximum absolute atomic E-state index is 13.4. The van der Waals surface area contributed by atoms with Gasteiger partial charge in [0.1, 0.15) is 6.61 Å². The van der Waals surface area contributed by atoms with E-state index >= 15 is 0 Å². The van der Waals surface area contributed by atoms with Crippen molar-refractivity contribution in [1.82, 2.24) is 25.9 Å². The predicted molar refractivity (Wildman–Crippen MR) is 121 cm³/mol. The summed E-state index contributed by atoms with van der Waals surface area (Å²) in [6.07, 6.45) is 4.75. The zero-order valence-electron chi connectivity index (χ0n) is 19.2. The largest absolute Gasteiger partial charge is 0.456 e. The monoisotopic (exact) mass is 450 g/mol. The average molecular weight is 451 g/mol. The molecule has 4 aliphatic heterocycles. The molecule has 174 valence electrons. The molecule has 2 fully saturated rings. The molecule has 1 spiro atoms. The highest BCUT2D eigenvalue weighted by Gasteiger charge is 2.50. The van der Waals surface area contributed by atoms with Crippen molar-refractivity contribution in [2.45, 2.75) is 58.2 Å². The smallest absolute Gasteiger partial charge is 0.336 e. The minimum Gasteiger partial charge on any atom is -0.456 e. The number of benzene rings is 1. The zero-order chi connectivity index (χ0) is 22.7. The quantitative estimate of drug-likeness (QED) is 0.674. The number of ether oxygens (including phenoxy) is 1. The van der Waals surface area contributed by atoms with Crippen LogP contribution in [0.1, 0.15) is 55.7 Å². The van der Waals surface area contributed by atoms with E-state index in [1.54, 1.807) is 6.92 Å². The summed E-state index contributed by atoms with van der Waals surface area (Å²) in [5.41, 5.74) is 10.7. The fraction of sp³-hybridized carbons (Fsp3) is 0.542. The van der Waals surface area contributed by atoms with Gasteiger partial charge in [-0.25, -0.2) is 10.3 Å². The van der Waals surface area contributed by atoms with E-state index in [0.717, 1.165) is 56.7 Å².